The number of hydrogen-bond acceptors (Lipinski definition) is 3. The van der Waals surface area contributed by atoms with Crippen molar-refractivity contribution in [1.29, 1.82) is 0 Å². The molecule has 1 aromatic carbocycles. The van der Waals surface area contributed by atoms with Crippen LogP contribution in [0.3, 0.4) is 0 Å². The molecule has 1 N–H and O–H groups in total. The Labute approximate surface area is 147 Å². The third kappa shape index (κ3) is 3.13. The van der Waals surface area contributed by atoms with E-state index in [0.29, 0.717) is 17.9 Å². The molecule has 5 nitrogen and oxygen atoms in total. The van der Waals surface area contributed by atoms with Crippen LogP contribution in [0.2, 0.25) is 0 Å². The maximum absolute atomic E-state index is 14.6. The molecule has 0 spiro atoms. The van der Waals surface area contributed by atoms with Crippen molar-refractivity contribution in [2.45, 2.75) is 56.7 Å². The van der Waals surface area contributed by atoms with E-state index in [1.807, 2.05) is 19.1 Å². The Morgan fingerprint density at radius 1 is 1.48 bits per heavy atom. The van der Waals surface area contributed by atoms with Crippen molar-refractivity contribution in [1.82, 2.24) is 4.90 Å². The number of nitrogens with zero attached hydrogens (tertiary/aromatic N) is 1. The number of benzene rings is 1. The van der Waals surface area contributed by atoms with Gasteiger partial charge in [0.25, 0.3) is 0 Å². The third-order valence-electron chi connectivity index (χ3n) is 5.85. The van der Waals surface area contributed by atoms with Crippen LogP contribution in [0.5, 0.6) is 0 Å². The lowest BCUT2D eigenvalue weighted by Crippen LogP contribution is -2.55. The van der Waals surface area contributed by atoms with E-state index in [4.69, 9.17) is 9.47 Å². The molecule has 1 amide bonds. The van der Waals surface area contributed by atoms with E-state index in [-0.39, 0.29) is 18.7 Å². The topological polar surface area (TPSA) is 59.0 Å². The largest absolute Gasteiger partial charge is 0.465 e. The molecule has 138 valence electrons. The van der Waals surface area contributed by atoms with Gasteiger partial charge in [0.1, 0.15) is 18.8 Å². The summed E-state index contributed by atoms with van der Waals surface area (Å²) in [7, 11) is 1.51. The van der Waals surface area contributed by atoms with Gasteiger partial charge in [0.05, 0.1) is 0 Å². The van der Waals surface area contributed by atoms with Gasteiger partial charge >= 0.3 is 6.09 Å². The highest BCUT2D eigenvalue weighted by molar-refractivity contribution is 5.66. The molecular weight excluding hydrogens is 325 g/mol. The predicted molar refractivity (Wildman–Crippen MR) is 90.7 cm³/mol. The highest BCUT2D eigenvalue weighted by atomic mass is 19.1. The summed E-state index contributed by atoms with van der Waals surface area (Å²) in [4.78, 5) is 13.5. The third-order valence-corrected chi connectivity index (χ3v) is 5.85. The molecule has 2 fully saturated rings. The van der Waals surface area contributed by atoms with Crippen molar-refractivity contribution >= 4 is 6.09 Å². The molecule has 0 aromatic heterocycles. The van der Waals surface area contributed by atoms with Crippen molar-refractivity contribution in [3.8, 4) is 0 Å². The van der Waals surface area contributed by atoms with Crippen LogP contribution in [-0.4, -0.2) is 42.3 Å². The fraction of sp³-hybridized carbons (Fsp3) is 0.632. The van der Waals surface area contributed by atoms with Crippen molar-refractivity contribution in [2.24, 2.45) is 5.92 Å². The Morgan fingerprint density at radius 3 is 2.84 bits per heavy atom. The van der Waals surface area contributed by atoms with Crippen molar-refractivity contribution < 1.29 is 23.8 Å². The quantitative estimate of drug-likeness (QED) is 0.755. The van der Waals surface area contributed by atoms with E-state index in [1.165, 1.54) is 18.1 Å². The van der Waals surface area contributed by atoms with E-state index in [2.05, 4.69) is 0 Å². The average Bonchev–Trinajstić information content (AvgIpc) is 3.17. The Kier molecular flexibility index (Phi) is 5.29. The lowest BCUT2D eigenvalue weighted by Gasteiger charge is -2.44. The van der Waals surface area contributed by atoms with E-state index >= 15 is 0 Å². The molecule has 4 atom stereocenters. The molecule has 25 heavy (non-hydrogen) atoms. The normalized spacial score (nSPS) is 28.9. The lowest BCUT2D eigenvalue weighted by molar-refractivity contribution is -0.138. The van der Waals surface area contributed by atoms with Crippen LogP contribution in [0.15, 0.2) is 24.3 Å². The second-order valence-electron chi connectivity index (χ2n) is 7.12. The second kappa shape index (κ2) is 7.30. The first-order valence-corrected chi connectivity index (χ1v) is 8.90. The zero-order chi connectivity index (χ0) is 18.0. The molecule has 0 saturated heterocycles. The second-order valence-corrected chi connectivity index (χ2v) is 7.12. The molecule has 2 saturated carbocycles. The summed E-state index contributed by atoms with van der Waals surface area (Å²) in [5.41, 5.74) is 0.186. The van der Waals surface area contributed by atoms with E-state index in [1.54, 1.807) is 6.07 Å². The Bertz CT molecular complexity index is 625. The summed E-state index contributed by atoms with van der Waals surface area (Å²) in [6.07, 6.45) is 2.34. The van der Waals surface area contributed by atoms with Crippen molar-refractivity contribution in [3.63, 3.8) is 0 Å². The molecule has 6 heteroatoms. The van der Waals surface area contributed by atoms with Crippen LogP contribution >= 0.6 is 0 Å². The molecule has 0 heterocycles. The minimum Gasteiger partial charge on any atom is -0.465 e. The molecule has 0 radical (unpaired) electrons. The minimum absolute atomic E-state index is 0.0329. The summed E-state index contributed by atoms with van der Waals surface area (Å²) in [6.45, 7) is 1.92. The maximum Gasteiger partial charge on any atom is 0.409 e. The minimum atomic E-state index is -1.02. The monoisotopic (exact) mass is 351 g/mol. The number of fused-ring (bicyclic) bond motifs is 2. The summed E-state index contributed by atoms with van der Waals surface area (Å²) in [5.74, 6) is 0.192. The summed E-state index contributed by atoms with van der Waals surface area (Å²) in [5, 5.41) is 9.90. The zero-order valence-electron chi connectivity index (χ0n) is 14.8. The Balaban J connectivity index is 1.98. The molecule has 2 bridgehead atoms. The highest BCUT2D eigenvalue weighted by Crippen LogP contribution is 2.57. The molecule has 0 aliphatic heterocycles. The van der Waals surface area contributed by atoms with E-state index in [9.17, 15) is 14.3 Å². The van der Waals surface area contributed by atoms with Gasteiger partial charge in [-0.3, -0.25) is 4.90 Å². The molecule has 3 rings (SSSR count). The van der Waals surface area contributed by atoms with E-state index in [0.717, 1.165) is 25.7 Å². The van der Waals surface area contributed by atoms with Crippen LogP contribution in [0.1, 0.15) is 44.6 Å². The van der Waals surface area contributed by atoms with Gasteiger partial charge in [-0.1, -0.05) is 25.1 Å². The van der Waals surface area contributed by atoms with Crippen molar-refractivity contribution in [2.75, 3.05) is 13.9 Å². The molecular formula is C19H26FNO4. The van der Waals surface area contributed by atoms with Crippen LogP contribution in [0.4, 0.5) is 9.18 Å². The smallest absolute Gasteiger partial charge is 0.409 e. The van der Waals surface area contributed by atoms with Gasteiger partial charge in [0.2, 0.25) is 0 Å². The van der Waals surface area contributed by atoms with Gasteiger partial charge in [-0.15, -0.1) is 0 Å². The van der Waals surface area contributed by atoms with Gasteiger partial charge in [0.15, 0.2) is 0 Å². The van der Waals surface area contributed by atoms with Crippen LogP contribution in [0.25, 0.3) is 0 Å². The lowest BCUT2D eigenvalue weighted by atomic mass is 9.73. The Hall–Kier alpha value is -1.66. The highest BCUT2D eigenvalue weighted by Gasteiger charge is 2.57. The first-order chi connectivity index (χ1) is 12.0. The summed E-state index contributed by atoms with van der Waals surface area (Å²) in [6, 6.07) is 6.52. The molecule has 2 unspecified atom stereocenters. The van der Waals surface area contributed by atoms with Crippen LogP contribution < -0.4 is 0 Å². The SMILES string of the molecule is CCC(OCOC)N(C(=O)O)[C@H]1CC2CC[C@@]1(c1ccccc1F)C2. The number of halogens is 1. The first-order valence-electron chi connectivity index (χ1n) is 8.90. The number of carbonyl (C=O) groups is 1. The molecule has 2 aliphatic rings. The number of hydrogen-bond donors (Lipinski definition) is 1. The van der Waals surface area contributed by atoms with Crippen LogP contribution in [-0.2, 0) is 14.9 Å². The number of amides is 1. The van der Waals surface area contributed by atoms with E-state index < -0.39 is 17.7 Å². The number of rotatable bonds is 7. The summed E-state index contributed by atoms with van der Waals surface area (Å²) >= 11 is 0. The molecule has 2 aliphatic carbocycles. The predicted octanol–water partition coefficient (Wildman–Crippen LogP) is 3.97. The molecule has 1 aromatic rings. The van der Waals surface area contributed by atoms with Crippen molar-refractivity contribution in [3.05, 3.63) is 35.6 Å². The van der Waals surface area contributed by atoms with Gasteiger partial charge < -0.3 is 14.6 Å². The van der Waals surface area contributed by atoms with Gasteiger partial charge in [-0.05, 0) is 49.7 Å². The number of methoxy groups -OCH3 is 1. The van der Waals surface area contributed by atoms with Gasteiger partial charge in [-0.25, -0.2) is 9.18 Å². The Morgan fingerprint density at radius 2 is 2.24 bits per heavy atom. The number of ether oxygens (including phenoxy) is 2. The standard InChI is InChI=1S/C19H26FNO4/c1-3-17(25-12-24-2)21(18(22)23)16-10-13-8-9-19(16,11-13)14-6-4-5-7-15(14)20/h4-7,13,16-17H,3,8-12H2,1-2H3,(H,22,23)/t13?,16-,17?,19-/m0/s1. The number of carboxylic acid groups (broad SMARTS) is 1. The van der Waals surface area contributed by atoms with Gasteiger partial charge in [0, 0.05) is 18.6 Å². The first kappa shape index (κ1) is 18.1. The summed E-state index contributed by atoms with van der Waals surface area (Å²) < 4.78 is 25.2. The fourth-order valence-electron chi connectivity index (χ4n) is 4.89. The average molecular weight is 351 g/mol. The zero-order valence-corrected chi connectivity index (χ0v) is 14.8. The van der Waals surface area contributed by atoms with Gasteiger partial charge in [-0.2, -0.15) is 0 Å². The van der Waals surface area contributed by atoms with Crippen LogP contribution in [0, 0.1) is 11.7 Å². The fourth-order valence-corrected chi connectivity index (χ4v) is 4.89. The maximum atomic E-state index is 14.6.